The highest BCUT2D eigenvalue weighted by Crippen LogP contribution is 2.27. The number of carbonyl (C=O) groups is 1. The molecule has 0 aliphatic heterocycles. The van der Waals surface area contributed by atoms with Gasteiger partial charge in [0.05, 0.1) is 4.90 Å². The summed E-state index contributed by atoms with van der Waals surface area (Å²) in [6, 6.07) is 20.9. The van der Waals surface area contributed by atoms with Gasteiger partial charge in [-0.15, -0.1) is 0 Å². The maximum Gasteiger partial charge on any atom is 0.248 e. The Morgan fingerprint density at radius 1 is 0.969 bits per heavy atom. The Labute approximate surface area is 185 Å². The van der Waals surface area contributed by atoms with Crippen LogP contribution in [0.5, 0.6) is 0 Å². The molecule has 4 aromatic rings. The highest BCUT2D eigenvalue weighted by atomic mass is 32.2. The van der Waals surface area contributed by atoms with E-state index < -0.39 is 10.0 Å². The number of nitrogen functional groups attached to an aromatic ring is 1. The number of carbonyl (C=O) groups excluding carboxylic acids is 1. The SMILES string of the molecule is Nc1nccc2ccc(/C=C/C(=O)Nc3ccc(-c4ccccc4S(N)(=O)=O)cc3)cc12. The molecular weight excluding hydrogens is 424 g/mol. The molecule has 0 spiro atoms. The molecule has 0 aliphatic carbocycles. The summed E-state index contributed by atoms with van der Waals surface area (Å²) in [4.78, 5) is 16.5. The van der Waals surface area contributed by atoms with Crippen LogP contribution >= 0.6 is 0 Å². The summed E-state index contributed by atoms with van der Waals surface area (Å²) in [5.74, 6) is 0.133. The van der Waals surface area contributed by atoms with Crippen molar-refractivity contribution < 1.29 is 13.2 Å². The summed E-state index contributed by atoms with van der Waals surface area (Å²) in [6.07, 6.45) is 4.77. The Morgan fingerprint density at radius 3 is 2.47 bits per heavy atom. The number of benzene rings is 3. The fraction of sp³-hybridized carbons (Fsp3) is 0. The number of amides is 1. The molecule has 0 atom stereocenters. The molecule has 4 rings (SSSR count). The maximum absolute atomic E-state index is 12.3. The summed E-state index contributed by atoms with van der Waals surface area (Å²) in [5.41, 5.74) is 8.48. The summed E-state index contributed by atoms with van der Waals surface area (Å²) in [7, 11) is -3.85. The van der Waals surface area contributed by atoms with Gasteiger partial charge in [-0.05, 0) is 52.9 Å². The standard InChI is InChI=1S/C24H20N4O3S/c25-24-21-15-16(5-7-18(21)13-14-27-24)6-12-23(29)28-19-10-8-17(9-11-19)20-3-1-2-4-22(20)32(26,30)31/h1-15H,(H2,25,27)(H,28,29)(H2,26,30,31)/b12-6+. The number of nitrogens with two attached hydrogens (primary N) is 2. The second kappa shape index (κ2) is 8.62. The van der Waals surface area contributed by atoms with Gasteiger partial charge in [-0.3, -0.25) is 4.79 Å². The Hall–Kier alpha value is -4.01. The van der Waals surface area contributed by atoms with Gasteiger partial charge < -0.3 is 11.1 Å². The number of nitrogens with one attached hydrogen (secondary N) is 1. The Morgan fingerprint density at radius 2 is 1.72 bits per heavy atom. The second-order valence-electron chi connectivity index (χ2n) is 7.12. The van der Waals surface area contributed by atoms with Crippen molar-refractivity contribution in [1.29, 1.82) is 0 Å². The lowest BCUT2D eigenvalue weighted by Gasteiger charge is -2.09. The third-order valence-corrected chi connectivity index (χ3v) is 5.87. The number of pyridine rings is 1. The van der Waals surface area contributed by atoms with E-state index in [4.69, 9.17) is 10.9 Å². The molecular formula is C24H20N4O3S. The summed E-state index contributed by atoms with van der Waals surface area (Å²) in [6.45, 7) is 0. The van der Waals surface area contributed by atoms with E-state index in [1.165, 1.54) is 12.1 Å². The largest absolute Gasteiger partial charge is 0.383 e. The van der Waals surface area contributed by atoms with Crippen molar-refractivity contribution in [3.63, 3.8) is 0 Å². The number of rotatable bonds is 5. The number of anilines is 2. The van der Waals surface area contributed by atoms with Gasteiger partial charge in [0.2, 0.25) is 15.9 Å². The quantitative estimate of drug-likeness (QED) is 0.404. The first-order valence-corrected chi connectivity index (χ1v) is 11.2. The molecule has 0 unspecified atom stereocenters. The third-order valence-electron chi connectivity index (χ3n) is 4.91. The van der Waals surface area contributed by atoms with Crippen LogP contribution < -0.4 is 16.2 Å². The van der Waals surface area contributed by atoms with Gasteiger partial charge in [0.1, 0.15) is 5.82 Å². The molecule has 0 saturated heterocycles. The molecule has 32 heavy (non-hydrogen) atoms. The van der Waals surface area contributed by atoms with E-state index in [9.17, 15) is 13.2 Å². The summed E-state index contributed by atoms with van der Waals surface area (Å²) >= 11 is 0. The fourth-order valence-electron chi connectivity index (χ4n) is 3.35. The lowest BCUT2D eigenvalue weighted by molar-refractivity contribution is -0.111. The summed E-state index contributed by atoms with van der Waals surface area (Å²) in [5, 5.41) is 9.89. The minimum Gasteiger partial charge on any atom is -0.383 e. The molecule has 5 N–H and O–H groups in total. The van der Waals surface area contributed by atoms with Crippen molar-refractivity contribution in [3.05, 3.63) is 90.6 Å². The van der Waals surface area contributed by atoms with Crippen molar-refractivity contribution in [3.8, 4) is 11.1 Å². The molecule has 160 valence electrons. The molecule has 0 fully saturated rings. The van der Waals surface area contributed by atoms with Gasteiger partial charge in [0.25, 0.3) is 0 Å². The maximum atomic E-state index is 12.3. The number of hydrogen-bond donors (Lipinski definition) is 3. The van der Waals surface area contributed by atoms with Crippen molar-refractivity contribution in [1.82, 2.24) is 4.98 Å². The monoisotopic (exact) mass is 444 g/mol. The molecule has 0 aliphatic rings. The molecule has 1 heterocycles. The molecule has 0 bridgehead atoms. The first kappa shape index (κ1) is 21.2. The van der Waals surface area contributed by atoms with Crippen molar-refractivity contribution in [2.45, 2.75) is 4.90 Å². The van der Waals surface area contributed by atoms with E-state index in [-0.39, 0.29) is 10.8 Å². The predicted molar refractivity (Wildman–Crippen MR) is 127 cm³/mol. The van der Waals surface area contributed by atoms with E-state index in [1.54, 1.807) is 54.7 Å². The molecule has 1 amide bonds. The van der Waals surface area contributed by atoms with Gasteiger partial charge in [0.15, 0.2) is 0 Å². The van der Waals surface area contributed by atoms with Crippen LogP contribution in [-0.2, 0) is 14.8 Å². The highest BCUT2D eigenvalue weighted by Gasteiger charge is 2.14. The van der Waals surface area contributed by atoms with Crippen LogP contribution in [0.3, 0.4) is 0 Å². The van der Waals surface area contributed by atoms with E-state index in [2.05, 4.69) is 10.3 Å². The van der Waals surface area contributed by atoms with Crippen LogP contribution in [-0.4, -0.2) is 19.3 Å². The fourth-order valence-corrected chi connectivity index (χ4v) is 4.11. The zero-order valence-electron chi connectivity index (χ0n) is 16.9. The highest BCUT2D eigenvalue weighted by molar-refractivity contribution is 7.89. The van der Waals surface area contributed by atoms with Gasteiger partial charge in [-0.2, -0.15) is 0 Å². The molecule has 3 aromatic carbocycles. The topological polar surface area (TPSA) is 128 Å². The lowest BCUT2D eigenvalue weighted by atomic mass is 10.1. The summed E-state index contributed by atoms with van der Waals surface area (Å²) < 4.78 is 23.6. The third kappa shape index (κ3) is 4.66. The average molecular weight is 445 g/mol. The molecule has 1 aromatic heterocycles. The zero-order valence-corrected chi connectivity index (χ0v) is 17.7. The molecule has 8 heteroatoms. The zero-order chi connectivity index (χ0) is 22.7. The Bertz CT molecular complexity index is 1450. The number of hydrogen-bond acceptors (Lipinski definition) is 5. The van der Waals surface area contributed by atoms with Crippen LogP contribution in [0.1, 0.15) is 5.56 Å². The number of fused-ring (bicyclic) bond motifs is 1. The van der Waals surface area contributed by atoms with E-state index in [1.807, 2.05) is 24.3 Å². The van der Waals surface area contributed by atoms with Crippen LogP contribution in [0.4, 0.5) is 11.5 Å². The van der Waals surface area contributed by atoms with Crippen molar-refractivity contribution >= 4 is 44.3 Å². The van der Waals surface area contributed by atoms with Crippen molar-refractivity contribution in [2.24, 2.45) is 5.14 Å². The normalized spacial score (nSPS) is 11.7. The van der Waals surface area contributed by atoms with E-state index >= 15 is 0 Å². The van der Waals surface area contributed by atoms with E-state index in [0.717, 1.165) is 16.3 Å². The van der Waals surface area contributed by atoms with Crippen LogP contribution in [0, 0.1) is 0 Å². The van der Waals surface area contributed by atoms with Crippen LogP contribution in [0.2, 0.25) is 0 Å². The van der Waals surface area contributed by atoms with Gasteiger partial charge in [0, 0.05) is 28.9 Å². The van der Waals surface area contributed by atoms with Gasteiger partial charge in [-0.25, -0.2) is 18.5 Å². The minimum absolute atomic E-state index is 0.0472. The first-order chi connectivity index (χ1) is 15.3. The lowest BCUT2D eigenvalue weighted by Crippen LogP contribution is -2.13. The predicted octanol–water partition coefficient (Wildman–Crippen LogP) is 3.78. The Kier molecular flexibility index (Phi) is 5.72. The smallest absolute Gasteiger partial charge is 0.248 e. The average Bonchev–Trinajstić information content (AvgIpc) is 2.78. The minimum atomic E-state index is -3.85. The Balaban J connectivity index is 1.49. The van der Waals surface area contributed by atoms with Gasteiger partial charge in [-0.1, -0.05) is 42.5 Å². The van der Waals surface area contributed by atoms with Gasteiger partial charge >= 0.3 is 0 Å². The molecule has 0 radical (unpaired) electrons. The molecule has 0 saturated carbocycles. The second-order valence-corrected chi connectivity index (χ2v) is 8.65. The number of sulfonamides is 1. The van der Waals surface area contributed by atoms with E-state index in [0.29, 0.717) is 22.6 Å². The number of primary sulfonamides is 1. The molecule has 7 nitrogen and oxygen atoms in total. The number of aromatic nitrogens is 1. The van der Waals surface area contributed by atoms with Crippen molar-refractivity contribution in [2.75, 3.05) is 11.1 Å². The first-order valence-electron chi connectivity index (χ1n) is 9.67. The van der Waals surface area contributed by atoms with Crippen LogP contribution in [0.15, 0.2) is 90.0 Å². The van der Waals surface area contributed by atoms with Crippen LogP contribution in [0.25, 0.3) is 28.0 Å². The number of nitrogens with zero attached hydrogens (tertiary/aromatic N) is 1.